The van der Waals surface area contributed by atoms with Crippen LogP contribution in [0.25, 0.3) is 0 Å². The van der Waals surface area contributed by atoms with Crippen LogP contribution in [0.15, 0.2) is 29.2 Å². The number of likely N-dealkylation sites (tertiary alicyclic amines) is 1. The zero-order valence-corrected chi connectivity index (χ0v) is 14.6. The second kappa shape index (κ2) is 6.27. The lowest BCUT2D eigenvalue weighted by molar-refractivity contribution is -0.129. The zero-order chi connectivity index (χ0) is 16.5. The van der Waals surface area contributed by atoms with Gasteiger partial charge in [-0.3, -0.25) is 4.79 Å². The normalized spacial score (nSPS) is 20.3. The fourth-order valence-corrected chi connectivity index (χ4v) is 4.93. The van der Waals surface area contributed by atoms with Crippen molar-refractivity contribution in [2.45, 2.75) is 50.3 Å². The first-order valence-corrected chi connectivity index (χ1v) is 10.2. The van der Waals surface area contributed by atoms with Crippen molar-refractivity contribution in [1.82, 2.24) is 4.90 Å². The maximum atomic E-state index is 12.6. The third-order valence-corrected chi connectivity index (χ3v) is 7.18. The van der Waals surface area contributed by atoms with Crippen molar-refractivity contribution in [3.63, 3.8) is 0 Å². The number of benzene rings is 1. The molecule has 126 valence electrons. The molecule has 0 atom stereocenters. The average Bonchev–Trinajstić information content (AvgIpc) is 3.18. The van der Waals surface area contributed by atoms with Crippen LogP contribution in [-0.2, 0) is 21.1 Å². The van der Waals surface area contributed by atoms with Crippen molar-refractivity contribution in [3.8, 4) is 0 Å². The lowest BCUT2D eigenvalue weighted by Gasteiger charge is -2.23. The van der Waals surface area contributed by atoms with Crippen LogP contribution in [0, 0.1) is 5.41 Å². The Morgan fingerprint density at radius 1 is 1.22 bits per heavy atom. The topological polar surface area (TPSA) is 54.5 Å². The van der Waals surface area contributed by atoms with E-state index in [0.29, 0.717) is 16.7 Å². The van der Waals surface area contributed by atoms with Gasteiger partial charge >= 0.3 is 0 Å². The predicted molar refractivity (Wildman–Crippen MR) is 90.0 cm³/mol. The van der Waals surface area contributed by atoms with E-state index in [0.717, 1.165) is 25.1 Å². The van der Waals surface area contributed by atoms with Crippen molar-refractivity contribution in [2.75, 3.05) is 18.8 Å². The lowest BCUT2D eigenvalue weighted by Crippen LogP contribution is -2.32. The van der Waals surface area contributed by atoms with Gasteiger partial charge in [0, 0.05) is 13.1 Å². The number of rotatable bonds is 4. The Morgan fingerprint density at radius 2 is 1.96 bits per heavy atom. The summed E-state index contributed by atoms with van der Waals surface area (Å²) >= 11 is 0. The fourth-order valence-electron chi connectivity index (χ4n) is 3.98. The van der Waals surface area contributed by atoms with Gasteiger partial charge in [-0.15, -0.1) is 0 Å². The van der Waals surface area contributed by atoms with Gasteiger partial charge in [-0.25, -0.2) is 8.42 Å². The van der Waals surface area contributed by atoms with Crippen LogP contribution in [0.4, 0.5) is 0 Å². The Morgan fingerprint density at radius 3 is 2.65 bits per heavy atom. The molecule has 1 aromatic carbocycles. The second-order valence-corrected chi connectivity index (χ2v) is 9.28. The van der Waals surface area contributed by atoms with Crippen molar-refractivity contribution in [3.05, 3.63) is 29.8 Å². The number of hydrogen-bond donors (Lipinski definition) is 0. The third kappa shape index (κ3) is 3.44. The molecular weight excluding hydrogens is 310 g/mol. The summed E-state index contributed by atoms with van der Waals surface area (Å²) in [7, 11) is -3.22. The summed E-state index contributed by atoms with van der Waals surface area (Å²) in [6, 6.07) is 6.83. The minimum absolute atomic E-state index is 0.0824. The van der Waals surface area contributed by atoms with Crippen molar-refractivity contribution in [1.29, 1.82) is 0 Å². The van der Waals surface area contributed by atoms with Gasteiger partial charge in [-0.2, -0.15) is 0 Å². The molecule has 0 unspecified atom stereocenters. The highest BCUT2D eigenvalue weighted by molar-refractivity contribution is 7.91. The summed E-state index contributed by atoms with van der Waals surface area (Å²) in [5.41, 5.74) is 1.17. The van der Waals surface area contributed by atoms with E-state index in [1.807, 2.05) is 11.0 Å². The summed E-state index contributed by atoms with van der Waals surface area (Å²) in [5, 5.41) is 0. The second-order valence-electron chi connectivity index (χ2n) is 7.00. The molecule has 2 fully saturated rings. The molecule has 0 bridgehead atoms. The molecular formula is C18H25NO3S. The van der Waals surface area contributed by atoms with E-state index >= 15 is 0 Å². The van der Waals surface area contributed by atoms with Crippen LogP contribution in [0.1, 0.15) is 44.6 Å². The first-order valence-electron chi connectivity index (χ1n) is 8.54. The highest BCUT2D eigenvalue weighted by Gasteiger charge is 2.41. The number of nitrogens with zero attached hydrogens (tertiary/aromatic N) is 1. The molecule has 1 aliphatic carbocycles. The molecule has 1 amide bonds. The number of sulfone groups is 1. The Hall–Kier alpha value is -1.36. The predicted octanol–water partition coefficient (Wildman–Crippen LogP) is 2.82. The highest BCUT2D eigenvalue weighted by atomic mass is 32.2. The van der Waals surface area contributed by atoms with Crippen molar-refractivity contribution in [2.24, 2.45) is 5.41 Å². The average molecular weight is 335 g/mol. The minimum Gasteiger partial charge on any atom is -0.342 e. The number of carbonyl (C=O) groups excluding carboxylic acids is 1. The standard InChI is InChI=1S/C18H25NO3S/c1-2-23(21,22)16-7-5-6-15(12-16)13-17(20)19-11-10-18(14-19)8-3-4-9-18/h5-7,12H,2-4,8-11,13-14H2,1H3. The molecule has 1 aliphatic heterocycles. The third-order valence-electron chi connectivity index (χ3n) is 5.45. The first-order chi connectivity index (χ1) is 10.9. The largest absolute Gasteiger partial charge is 0.342 e. The summed E-state index contributed by atoms with van der Waals surface area (Å²) in [4.78, 5) is 14.9. The van der Waals surface area contributed by atoms with E-state index in [2.05, 4.69) is 0 Å². The van der Waals surface area contributed by atoms with Gasteiger partial charge in [0.05, 0.1) is 17.1 Å². The first kappa shape index (κ1) is 16.5. The molecule has 0 aromatic heterocycles. The Labute approximate surface area is 138 Å². The molecule has 0 N–H and O–H groups in total. The molecule has 4 nitrogen and oxygen atoms in total. The zero-order valence-electron chi connectivity index (χ0n) is 13.8. The van der Waals surface area contributed by atoms with Gasteiger partial charge in [0.2, 0.25) is 5.91 Å². The van der Waals surface area contributed by atoms with Gasteiger partial charge in [-0.1, -0.05) is 31.9 Å². The molecule has 1 spiro atoms. The molecule has 3 rings (SSSR count). The van der Waals surface area contributed by atoms with Crippen LogP contribution in [0.5, 0.6) is 0 Å². The van der Waals surface area contributed by atoms with E-state index in [1.54, 1.807) is 25.1 Å². The molecule has 1 saturated carbocycles. The van der Waals surface area contributed by atoms with Crippen LogP contribution >= 0.6 is 0 Å². The van der Waals surface area contributed by atoms with Gasteiger partial charge in [-0.05, 0) is 42.4 Å². The molecule has 23 heavy (non-hydrogen) atoms. The number of amides is 1. The Bertz CT molecular complexity index is 690. The van der Waals surface area contributed by atoms with E-state index in [-0.39, 0.29) is 11.7 Å². The quantitative estimate of drug-likeness (QED) is 0.850. The maximum absolute atomic E-state index is 12.6. The monoisotopic (exact) mass is 335 g/mol. The van der Waals surface area contributed by atoms with Crippen LogP contribution in [-0.4, -0.2) is 38.1 Å². The van der Waals surface area contributed by atoms with Crippen molar-refractivity contribution < 1.29 is 13.2 Å². The lowest BCUT2D eigenvalue weighted by atomic mass is 9.86. The highest BCUT2D eigenvalue weighted by Crippen LogP contribution is 2.45. The molecule has 1 saturated heterocycles. The van der Waals surface area contributed by atoms with E-state index < -0.39 is 9.84 Å². The summed E-state index contributed by atoms with van der Waals surface area (Å²) in [6.07, 6.45) is 6.51. The summed E-state index contributed by atoms with van der Waals surface area (Å²) in [6.45, 7) is 3.38. The van der Waals surface area contributed by atoms with E-state index in [4.69, 9.17) is 0 Å². The smallest absolute Gasteiger partial charge is 0.227 e. The molecule has 1 heterocycles. The van der Waals surface area contributed by atoms with Crippen LogP contribution in [0.2, 0.25) is 0 Å². The summed E-state index contributed by atoms with van der Waals surface area (Å²) < 4.78 is 23.9. The Balaban J connectivity index is 1.68. The summed E-state index contributed by atoms with van der Waals surface area (Å²) in [5.74, 6) is 0.207. The minimum atomic E-state index is -3.22. The van der Waals surface area contributed by atoms with Crippen LogP contribution < -0.4 is 0 Å². The van der Waals surface area contributed by atoms with Crippen LogP contribution in [0.3, 0.4) is 0 Å². The van der Waals surface area contributed by atoms with E-state index in [1.165, 1.54) is 25.7 Å². The maximum Gasteiger partial charge on any atom is 0.227 e. The van der Waals surface area contributed by atoms with Gasteiger partial charge in [0.1, 0.15) is 0 Å². The molecule has 5 heteroatoms. The van der Waals surface area contributed by atoms with E-state index in [9.17, 15) is 13.2 Å². The molecule has 0 radical (unpaired) electrons. The Kier molecular flexibility index (Phi) is 4.50. The SMILES string of the molecule is CCS(=O)(=O)c1cccc(CC(=O)N2CCC3(CCCC3)C2)c1. The van der Waals surface area contributed by atoms with Crippen molar-refractivity contribution >= 4 is 15.7 Å². The number of hydrogen-bond acceptors (Lipinski definition) is 3. The van der Waals surface area contributed by atoms with Gasteiger partial charge in [0.25, 0.3) is 0 Å². The van der Waals surface area contributed by atoms with Gasteiger partial charge < -0.3 is 4.90 Å². The molecule has 1 aromatic rings. The fraction of sp³-hybridized carbons (Fsp3) is 0.611. The molecule has 2 aliphatic rings. The number of carbonyl (C=O) groups is 1. The van der Waals surface area contributed by atoms with Gasteiger partial charge in [0.15, 0.2) is 9.84 Å².